The standard InChI is InChI=1S/C33H42ClN3O7/c1-5-22-15-33(22,30(41)42)18-26(38)25-17-32(16-24(36-44-32)21-7-6-8-23(34)14-21)19-37(25)29(40)28(31(2,3)4)35-27(39)13-20-9-11-43-12-10-20/h5-8,14,20,22,25,28H,1,9-13,15-19H2,2-4H3,(H,35,39)(H,41,42)/t22-,25+,28-,32-,33-/m1/s1. The molecule has 4 aliphatic rings. The lowest BCUT2D eigenvalue weighted by atomic mass is 9.84. The molecule has 5 rings (SSSR count). The van der Waals surface area contributed by atoms with E-state index < -0.39 is 40.4 Å². The van der Waals surface area contributed by atoms with Crippen molar-refractivity contribution in [2.45, 2.75) is 83.4 Å². The molecule has 1 aromatic carbocycles. The number of oxime groups is 1. The minimum Gasteiger partial charge on any atom is -0.481 e. The van der Waals surface area contributed by atoms with Crippen LogP contribution in [0, 0.1) is 22.7 Å². The summed E-state index contributed by atoms with van der Waals surface area (Å²) in [6.07, 6.45) is 4.06. The number of carbonyl (C=O) groups excluding carboxylic acids is 3. The number of ether oxygens (including phenoxy) is 1. The molecule has 0 bridgehead atoms. The Hall–Kier alpha value is -3.24. The molecule has 1 spiro atoms. The Morgan fingerprint density at radius 2 is 1.95 bits per heavy atom. The lowest BCUT2D eigenvalue weighted by molar-refractivity contribution is -0.148. The van der Waals surface area contributed by atoms with Crippen molar-refractivity contribution in [3.63, 3.8) is 0 Å². The zero-order valence-electron chi connectivity index (χ0n) is 25.6. The van der Waals surface area contributed by atoms with Crippen LogP contribution in [-0.4, -0.2) is 76.7 Å². The molecule has 2 amide bonds. The quantitative estimate of drug-likeness (QED) is 0.368. The molecule has 3 fully saturated rings. The normalized spacial score (nSPS) is 29.1. The number of nitrogens with zero attached hydrogens (tertiary/aromatic N) is 2. The summed E-state index contributed by atoms with van der Waals surface area (Å²) in [6.45, 7) is 10.7. The van der Waals surface area contributed by atoms with E-state index in [4.69, 9.17) is 21.2 Å². The predicted molar refractivity (Wildman–Crippen MR) is 164 cm³/mol. The second-order valence-corrected chi connectivity index (χ2v) is 14.4. The van der Waals surface area contributed by atoms with Crippen LogP contribution in [0.15, 0.2) is 42.1 Å². The summed E-state index contributed by atoms with van der Waals surface area (Å²) in [5, 5.41) is 17.9. The van der Waals surface area contributed by atoms with Crippen LogP contribution in [0.25, 0.3) is 0 Å². The molecule has 0 aromatic heterocycles. The van der Waals surface area contributed by atoms with Crippen molar-refractivity contribution >= 4 is 40.9 Å². The molecule has 2 N–H and O–H groups in total. The molecule has 11 heteroatoms. The molecule has 0 radical (unpaired) electrons. The molecule has 10 nitrogen and oxygen atoms in total. The molecule has 1 saturated carbocycles. The maximum absolute atomic E-state index is 14.4. The van der Waals surface area contributed by atoms with Gasteiger partial charge in [0.1, 0.15) is 6.04 Å². The van der Waals surface area contributed by atoms with Crippen LogP contribution in [0.1, 0.15) is 71.3 Å². The third-order valence-corrected chi connectivity index (χ3v) is 9.85. The second-order valence-electron chi connectivity index (χ2n) is 14.0. The van der Waals surface area contributed by atoms with E-state index >= 15 is 0 Å². The Morgan fingerprint density at radius 3 is 2.57 bits per heavy atom. The summed E-state index contributed by atoms with van der Waals surface area (Å²) in [5.41, 5.74) is -1.42. The first kappa shape index (κ1) is 32.2. The molecule has 44 heavy (non-hydrogen) atoms. The van der Waals surface area contributed by atoms with Crippen molar-refractivity contribution in [3.05, 3.63) is 47.5 Å². The molecular formula is C33H42ClN3O7. The third-order valence-electron chi connectivity index (χ3n) is 9.62. The van der Waals surface area contributed by atoms with Crippen LogP contribution < -0.4 is 5.32 Å². The number of Topliss-reactive ketones (excluding diaryl/α,β-unsaturated/α-hetero) is 1. The van der Waals surface area contributed by atoms with Gasteiger partial charge in [-0.15, -0.1) is 6.58 Å². The maximum Gasteiger partial charge on any atom is 0.310 e. The highest BCUT2D eigenvalue weighted by Crippen LogP contribution is 2.57. The van der Waals surface area contributed by atoms with E-state index in [2.05, 4.69) is 17.1 Å². The fourth-order valence-electron chi connectivity index (χ4n) is 6.85. The number of nitrogens with one attached hydrogen (secondary N) is 1. The number of rotatable bonds is 10. The van der Waals surface area contributed by atoms with Crippen LogP contribution in [0.3, 0.4) is 0 Å². The number of carboxylic acid groups (broad SMARTS) is 1. The Kier molecular flexibility index (Phi) is 8.97. The molecular weight excluding hydrogens is 586 g/mol. The number of benzene rings is 1. The van der Waals surface area contributed by atoms with Crippen LogP contribution >= 0.6 is 11.6 Å². The molecule has 0 unspecified atom stereocenters. The first-order valence-corrected chi connectivity index (χ1v) is 15.7. The van der Waals surface area contributed by atoms with E-state index in [9.17, 15) is 24.3 Å². The van der Waals surface area contributed by atoms with Gasteiger partial charge >= 0.3 is 5.97 Å². The third kappa shape index (κ3) is 6.56. The van der Waals surface area contributed by atoms with Crippen molar-refractivity contribution in [1.82, 2.24) is 10.2 Å². The number of halogens is 1. The summed E-state index contributed by atoms with van der Waals surface area (Å²) in [4.78, 5) is 61.3. The van der Waals surface area contributed by atoms with Gasteiger partial charge in [-0.2, -0.15) is 0 Å². The smallest absolute Gasteiger partial charge is 0.310 e. The van der Waals surface area contributed by atoms with Crippen LogP contribution in [0.4, 0.5) is 0 Å². The number of likely N-dealkylation sites (tertiary alicyclic amines) is 1. The fraction of sp³-hybridized carbons (Fsp3) is 0.606. The highest BCUT2D eigenvalue weighted by atomic mass is 35.5. The fourth-order valence-corrected chi connectivity index (χ4v) is 7.04. The molecule has 5 atom stereocenters. The number of amides is 2. The van der Waals surface area contributed by atoms with Gasteiger partial charge in [0.15, 0.2) is 11.4 Å². The van der Waals surface area contributed by atoms with Gasteiger partial charge in [-0.3, -0.25) is 19.2 Å². The van der Waals surface area contributed by atoms with Crippen LogP contribution in [0.2, 0.25) is 5.02 Å². The molecule has 2 saturated heterocycles. The summed E-state index contributed by atoms with van der Waals surface area (Å²) in [6, 6.07) is 5.39. The Labute approximate surface area is 263 Å². The minimum atomic E-state index is -1.22. The number of hydrogen-bond donors (Lipinski definition) is 2. The van der Waals surface area contributed by atoms with E-state index in [-0.39, 0.29) is 42.9 Å². The highest BCUT2D eigenvalue weighted by Gasteiger charge is 2.62. The van der Waals surface area contributed by atoms with Gasteiger partial charge in [0, 0.05) is 49.5 Å². The second kappa shape index (κ2) is 12.3. The van der Waals surface area contributed by atoms with E-state index in [0.29, 0.717) is 43.2 Å². The Bertz CT molecular complexity index is 1370. The predicted octanol–water partition coefficient (Wildman–Crippen LogP) is 4.39. The summed E-state index contributed by atoms with van der Waals surface area (Å²) < 4.78 is 5.42. The number of ketones is 1. The van der Waals surface area contributed by atoms with E-state index in [1.54, 1.807) is 18.2 Å². The maximum atomic E-state index is 14.4. The van der Waals surface area contributed by atoms with E-state index in [1.165, 1.54) is 4.90 Å². The average Bonchev–Trinajstić information content (AvgIpc) is 3.34. The van der Waals surface area contributed by atoms with Crippen molar-refractivity contribution in [3.8, 4) is 0 Å². The topological polar surface area (TPSA) is 135 Å². The Morgan fingerprint density at radius 1 is 1.23 bits per heavy atom. The lowest BCUT2D eigenvalue weighted by Crippen LogP contribution is -2.57. The number of allylic oxidation sites excluding steroid dienone is 1. The SMILES string of the molecule is C=C[C@@H]1C[C@]1(CC(=O)[C@@H]1C[C@]2(CC(c3cccc(Cl)c3)=NO2)CN1C(=O)[C@@H](NC(=O)CC1CCOCC1)C(C)(C)C)C(=O)O. The molecule has 3 heterocycles. The highest BCUT2D eigenvalue weighted by molar-refractivity contribution is 6.31. The molecule has 3 aliphatic heterocycles. The number of aliphatic carboxylic acids is 1. The first-order chi connectivity index (χ1) is 20.8. The summed E-state index contributed by atoms with van der Waals surface area (Å²) in [7, 11) is 0. The summed E-state index contributed by atoms with van der Waals surface area (Å²) >= 11 is 6.21. The van der Waals surface area contributed by atoms with Gasteiger partial charge in [0.2, 0.25) is 11.8 Å². The van der Waals surface area contributed by atoms with Crippen molar-refractivity contribution in [2.24, 2.45) is 27.8 Å². The van der Waals surface area contributed by atoms with Gasteiger partial charge in [0.25, 0.3) is 0 Å². The van der Waals surface area contributed by atoms with Gasteiger partial charge in [-0.05, 0) is 48.6 Å². The van der Waals surface area contributed by atoms with Gasteiger partial charge in [0.05, 0.1) is 23.7 Å². The van der Waals surface area contributed by atoms with Crippen molar-refractivity contribution < 1.29 is 33.9 Å². The summed E-state index contributed by atoms with van der Waals surface area (Å²) in [5.74, 6) is -2.13. The lowest BCUT2D eigenvalue weighted by Gasteiger charge is -2.36. The van der Waals surface area contributed by atoms with E-state index in [1.807, 2.05) is 32.9 Å². The number of hydrogen-bond acceptors (Lipinski definition) is 7. The number of carboxylic acids is 1. The average molecular weight is 628 g/mol. The molecule has 1 aliphatic carbocycles. The van der Waals surface area contributed by atoms with Gasteiger partial charge in [-0.1, -0.05) is 55.7 Å². The van der Waals surface area contributed by atoms with E-state index in [0.717, 1.165) is 18.4 Å². The minimum absolute atomic E-state index is 0.0726. The zero-order chi connectivity index (χ0) is 31.9. The molecule has 1 aromatic rings. The van der Waals surface area contributed by atoms with Crippen LogP contribution in [0.5, 0.6) is 0 Å². The largest absolute Gasteiger partial charge is 0.481 e. The van der Waals surface area contributed by atoms with Crippen molar-refractivity contribution in [1.29, 1.82) is 0 Å². The Balaban J connectivity index is 1.40. The number of carbonyl (C=O) groups is 4. The molecule has 238 valence electrons. The first-order valence-electron chi connectivity index (χ1n) is 15.3. The monoisotopic (exact) mass is 627 g/mol. The van der Waals surface area contributed by atoms with Gasteiger partial charge < -0.3 is 24.9 Å². The zero-order valence-corrected chi connectivity index (χ0v) is 26.4. The van der Waals surface area contributed by atoms with Crippen LogP contribution in [-0.2, 0) is 28.8 Å². The van der Waals surface area contributed by atoms with Crippen molar-refractivity contribution in [2.75, 3.05) is 19.8 Å². The van der Waals surface area contributed by atoms with Gasteiger partial charge in [-0.25, -0.2) is 0 Å².